The first-order valence-corrected chi connectivity index (χ1v) is 12.4. The number of carbonyl (C=O) groups excluding carboxylic acids is 2. The molecule has 0 aliphatic carbocycles. The van der Waals surface area contributed by atoms with Gasteiger partial charge in [-0.1, -0.05) is 54.0 Å². The SMILES string of the molecule is CC[C@H]1CCC(C(=O)N[C@H](C(=O)N(C)[C@H](/C=C(\C)C(=O)O)C(C)C)C(C)(C)C)N(C(C)C)C1. The zero-order chi connectivity index (χ0) is 25.7. The Morgan fingerprint density at radius 3 is 2.15 bits per heavy atom. The Morgan fingerprint density at radius 1 is 1.15 bits per heavy atom. The van der Waals surface area contributed by atoms with Gasteiger partial charge >= 0.3 is 5.97 Å². The number of hydrogen-bond donors (Lipinski definition) is 2. The molecule has 0 aromatic heterocycles. The van der Waals surface area contributed by atoms with Crippen LogP contribution >= 0.6 is 0 Å². The predicted molar refractivity (Wildman–Crippen MR) is 133 cm³/mol. The van der Waals surface area contributed by atoms with E-state index in [1.807, 2.05) is 34.6 Å². The molecule has 0 radical (unpaired) electrons. The Hall–Kier alpha value is -1.89. The van der Waals surface area contributed by atoms with E-state index in [-0.39, 0.29) is 41.4 Å². The molecule has 0 aromatic rings. The van der Waals surface area contributed by atoms with Crippen molar-refractivity contribution in [3.63, 3.8) is 0 Å². The number of likely N-dealkylation sites (N-methyl/N-ethyl adjacent to an activating group) is 1. The number of carbonyl (C=O) groups is 3. The first-order valence-electron chi connectivity index (χ1n) is 12.4. The van der Waals surface area contributed by atoms with Crippen LogP contribution in [0.3, 0.4) is 0 Å². The quantitative estimate of drug-likeness (QED) is 0.504. The Kier molecular flexibility index (Phi) is 10.6. The van der Waals surface area contributed by atoms with E-state index in [1.54, 1.807) is 18.0 Å². The van der Waals surface area contributed by atoms with Crippen molar-refractivity contribution in [1.29, 1.82) is 0 Å². The van der Waals surface area contributed by atoms with Crippen LogP contribution in [-0.2, 0) is 14.4 Å². The van der Waals surface area contributed by atoms with Crippen molar-refractivity contribution in [3.8, 4) is 0 Å². The van der Waals surface area contributed by atoms with Crippen molar-refractivity contribution in [1.82, 2.24) is 15.1 Å². The normalized spacial score (nSPS) is 22.2. The third-order valence-electron chi connectivity index (χ3n) is 6.90. The minimum atomic E-state index is -1.00. The van der Waals surface area contributed by atoms with Gasteiger partial charge in [0.1, 0.15) is 6.04 Å². The number of aliphatic carboxylic acids is 1. The Morgan fingerprint density at radius 2 is 1.73 bits per heavy atom. The highest BCUT2D eigenvalue weighted by atomic mass is 16.4. The van der Waals surface area contributed by atoms with E-state index in [0.717, 1.165) is 25.8 Å². The summed E-state index contributed by atoms with van der Waals surface area (Å²) >= 11 is 0. The average Bonchev–Trinajstić information content (AvgIpc) is 2.72. The molecule has 7 nitrogen and oxygen atoms in total. The summed E-state index contributed by atoms with van der Waals surface area (Å²) in [5.41, 5.74) is -0.304. The molecule has 190 valence electrons. The van der Waals surface area contributed by atoms with Crippen molar-refractivity contribution in [2.75, 3.05) is 13.6 Å². The largest absolute Gasteiger partial charge is 0.478 e. The van der Waals surface area contributed by atoms with Crippen LogP contribution < -0.4 is 5.32 Å². The van der Waals surface area contributed by atoms with Gasteiger partial charge in [0.25, 0.3) is 0 Å². The zero-order valence-electron chi connectivity index (χ0n) is 22.4. The maximum absolute atomic E-state index is 13.6. The van der Waals surface area contributed by atoms with Gasteiger partial charge in [-0.2, -0.15) is 0 Å². The summed E-state index contributed by atoms with van der Waals surface area (Å²) in [5, 5.41) is 12.4. The van der Waals surface area contributed by atoms with Crippen LogP contribution in [0.2, 0.25) is 0 Å². The van der Waals surface area contributed by atoms with Gasteiger partial charge < -0.3 is 15.3 Å². The van der Waals surface area contributed by atoms with E-state index in [2.05, 4.69) is 31.0 Å². The summed E-state index contributed by atoms with van der Waals surface area (Å²) in [6.45, 7) is 18.6. The standard InChI is InChI=1S/C26H47N3O4/c1-11-19-12-13-20(29(15-19)17(4)5)23(30)27-22(26(7,8)9)24(31)28(10)21(16(2)3)14-18(6)25(32)33/h14,16-17,19-22H,11-13,15H2,1-10H3,(H,27,30)(H,32,33)/b18-14+/t19-,20?,21+,22+/m0/s1. The van der Waals surface area contributed by atoms with E-state index in [1.165, 1.54) is 6.92 Å². The van der Waals surface area contributed by atoms with Gasteiger partial charge in [-0.15, -0.1) is 0 Å². The summed E-state index contributed by atoms with van der Waals surface area (Å²) in [6, 6.07) is -1.10. The molecule has 2 amide bonds. The summed E-state index contributed by atoms with van der Waals surface area (Å²) in [7, 11) is 1.69. The molecule has 1 aliphatic heterocycles. The minimum absolute atomic E-state index is 0.0188. The van der Waals surface area contributed by atoms with Crippen LogP contribution in [0.25, 0.3) is 0 Å². The molecule has 1 aliphatic rings. The second-order valence-electron chi connectivity index (χ2n) is 11.3. The first kappa shape index (κ1) is 29.1. The highest BCUT2D eigenvalue weighted by Gasteiger charge is 2.40. The van der Waals surface area contributed by atoms with E-state index < -0.39 is 17.4 Å². The molecule has 0 saturated carbocycles. The predicted octanol–water partition coefficient (Wildman–Crippen LogP) is 3.93. The monoisotopic (exact) mass is 465 g/mol. The summed E-state index contributed by atoms with van der Waals surface area (Å²) in [4.78, 5) is 42.3. The molecule has 1 saturated heterocycles. The minimum Gasteiger partial charge on any atom is -0.478 e. The van der Waals surface area contributed by atoms with E-state index in [9.17, 15) is 19.5 Å². The molecule has 0 bridgehead atoms. The van der Waals surface area contributed by atoms with Crippen molar-refractivity contribution < 1.29 is 19.5 Å². The Labute approximate surface area is 201 Å². The Bertz CT molecular complexity index is 724. The molecular weight excluding hydrogens is 418 g/mol. The molecule has 4 atom stereocenters. The average molecular weight is 466 g/mol. The number of nitrogens with one attached hydrogen (secondary N) is 1. The highest BCUT2D eigenvalue weighted by molar-refractivity contribution is 5.91. The molecular formula is C26H47N3O4. The van der Waals surface area contributed by atoms with Gasteiger partial charge in [-0.3, -0.25) is 14.5 Å². The molecule has 1 fully saturated rings. The first-order chi connectivity index (χ1) is 15.1. The van der Waals surface area contributed by atoms with Crippen LogP contribution in [0.15, 0.2) is 11.6 Å². The number of carboxylic acids is 1. The van der Waals surface area contributed by atoms with Gasteiger partial charge in [0.05, 0.1) is 12.1 Å². The molecule has 7 heteroatoms. The maximum Gasteiger partial charge on any atom is 0.331 e. The lowest BCUT2D eigenvalue weighted by molar-refractivity contribution is -0.142. The zero-order valence-corrected chi connectivity index (χ0v) is 22.4. The highest BCUT2D eigenvalue weighted by Crippen LogP contribution is 2.28. The van der Waals surface area contributed by atoms with E-state index in [4.69, 9.17) is 0 Å². The lowest BCUT2D eigenvalue weighted by atomic mass is 9.84. The summed E-state index contributed by atoms with van der Waals surface area (Å²) < 4.78 is 0. The van der Waals surface area contributed by atoms with Gasteiger partial charge in [0.15, 0.2) is 0 Å². The lowest BCUT2D eigenvalue weighted by Gasteiger charge is -2.43. The summed E-state index contributed by atoms with van der Waals surface area (Å²) in [6.07, 6.45) is 4.53. The summed E-state index contributed by atoms with van der Waals surface area (Å²) in [5.74, 6) is -0.691. The number of amides is 2. The van der Waals surface area contributed by atoms with Crippen molar-refractivity contribution in [2.45, 2.75) is 106 Å². The number of likely N-dealkylation sites (tertiary alicyclic amines) is 1. The molecule has 0 aromatic carbocycles. The van der Waals surface area contributed by atoms with Gasteiger partial charge in [-0.25, -0.2) is 4.79 Å². The van der Waals surface area contributed by atoms with Crippen LogP contribution in [0.4, 0.5) is 0 Å². The molecule has 1 rings (SSSR count). The fourth-order valence-corrected chi connectivity index (χ4v) is 4.58. The molecule has 33 heavy (non-hydrogen) atoms. The molecule has 2 N–H and O–H groups in total. The Balaban J connectivity index is 3.17. The van der Waals surface area contributed by atoms with Crippen molar-refractivity contribution in [3.05, 3.63) is 11.6 Å². The second kappa shape index (κ2) is 12.0. The second-order valence-corrected chi connectivity index (χ2v) is 11.3. The molecule has 1 unspecified atom stereocenters. The number of rotatable bonds is 9. The van der Waals surface area contributed by atoms with Crippen molar-refractivity contribution >= 4 is 17.8 Å². The topological polar surface area (TPSA) is 90.0 Å². The third-order valence-corrected chi connectivity index (χ3v) is 6.90. The van der Waals surface area contributed by atoms with Crippen LogP contribution in [0, 0.1) is 17.3 Å². The third kappa shape index (κ3) is 7.83. The van der Waals surface area contributed by atoms with Crippen LogP contribution in [-0.4, -0.2) is 70.4 Å². The number of carboxylic acid groups (broad SMARTS) is 1. The lowest BCUT2D eigenvalue weighted by Crippen LogP contribution is -2.61. The number of hydrogen-bond acceptors (Lipinski definition) is 4. The number of nitrogens with zero attached hydrogens (tertiary/aromatic N) is 2. The smallest absolute Gasteiger partial charge is 0.331 e. The van der Waals surface area contributed by atoms with E-state index in [0.29, 0.717) is 5.92 Å². The van der Waals surface area contributed by atoms with Crippen LogP contribution in [0.5, 0.6) is 0 Å². The maximum atomic E-state index is 13.6. The van der Waals surface area contributed by atoms with Gasteiger partial charge in [0, 0.05) is 25.2 Å². The fraction of sp³-hybridized carbons (Fsp3) is 0.808. The molecule has 1 heterocycles. The van der Waals surface area contributed by atoms with Gasteiger partial charge in [0.2, 0.25) is 11.8 Å². The van der Waals surface area contributed by atoms with Crippen LogP contribution in [0.1, 0.15) is 81.6 Å². The molecule has 0 spiro atoms. The van der Waals surface area contributed by atoms with E-state index >= 15 is 0 Å². The van der Waals surface area contributed by atoms with Crippen molar-refractivity contribution in [2.24, 2.45) is 17.3 Å². The number of piperidine rings is 1. The van der Waals surface area contributed by atoms with Gasteiger partial charge in [-0.05, 0) is 50.9 Å². The fourth-order valence-electron chi connectivity index (χ4n) is 4.58.